The number of nitrogens with zero attached hydrogens (tertiary/aromatic N) is 4. The lowest BCUT2D eigenvalue weighted by atomic mass is 10.4. The van der Waals surface area contributed by atoms with E-state index in [1.807, 2.05) is 0 Å². The summed E-state index contributed by atoms with van der Waals surface area (Å²) in [6, 6.07) is 0. The third-order valence-corrected chi connectivity index (χ3v) is 1.59. The summed E-state index contributed by atoms with van der Waals surface area (Å²) in [6.07, 6.45) is 4.56. The molecule has 66 valence electrons. The SMILES string of the molecule is NC1=NN(c2cncnc2)C(=O)C1. The molecule has 2 N–H and O–H groups in total. The van der Waals surface area contributed by atoms with E-state index >= 15 is 0 Å². The van der Waals surface area contributed by atoms with Crippen molar-refractivity contribution in [1.29, 1.82) is 0 Å². The van der Waals surface area contributed by atoms with E-state index < -0.39 is 0 Å². The normalized spacial score (nSPS) is 16.2. The minimum absolute atomic E-state index is 0.160. The second kappa shape index (κ2) is 2.81. The summed E-state index contributed by atoms with van der Waals surface area (Å²) in [5.41, 5.74) is 5.93. The number of carbonyl (C=O) groups is 1. The van der Waals surface area contributed by atoms with E-state index in [0.717, 1.165) is 0 Å². The van der Waals surface area contributed by atoms with Gasteiger partial charge in [0.15, 0.2) is 0 Å². The van der Waals surface area contributed by atoms with Crippen LogP contribution in [0.2, 0.25) is 0 Å². The first-order valence-electron chi connectivity index (χ1n) is 3.68. The van der Waals surface area contributed by atoms with E-state index in [2.05, 4.69) is 15.1 Å². The molecular formula is C7H7N5O. The second-order valence-corrected chi connectivity index (χ2v) is 2.57. The molecule has 13 heavy (non-hydrogen) atoms. The van der Waals surface area contributed by atoms with E-state index in [1.165, 1.54) is 23.7 Å². The van der Waals surface area contributed by atoms with Gasteiger partial charge >= 0.3 is 0 Å². The van der Waals surface area contributed by atoms with Crippen LogP contribution >= 0.6 is 0 Å². The van der Waals surface area contributed by atoms with E-state index in [-0.39, 0.29) is 12.3 Å². The molecule has 1 aromatic rings. The average Bonchev–Trinajstić information content (AvgIpc) is 2.47. The van der Waals surface area contributed by atoms with Crippen LogP contribution in [0.4, 0.5) is 5.69 Å². The van der Waals surface area contributed by atoms with Crippen LogP contribution in [0.5, 0.6) is 0 Å². The van der Waals surface area contributed by atoms with Gasteiger partial charge in [0, 0.05) is 0 Å². The average molecular weight is 177 g/mol. The molecule has 6 heteroatoms. The molecule has 1 aliphatic heterocycles. The van der Waals surface area contributed by atoms with Gasteiger partial charge in [-0.25, -0.2) is 9.97 Å². The van der Waals surface area contributed by atoms with Gasteiger partial charge in [0.05, 0.1) is 18.8 Å². The number of amidine groups is 1. The maximum absolute atomic E-state index is 11.3. The summed E-state index contributed by atoms with van der Waals surface area (Å²) in [7, 11) is 0. The molecule has 0 radical (unpaired) electrons. The summed E-state index contributed by atoms with van der Waals surface area (Å²) in [6.45, 7) is 0. The van der Waals surface area contributed by atoms with Crippen LogP contribution in [0.1, 0.15) is 6.42 Å². The second-order valence-electron chi connectivity index (χ2n) is 2.57. The molecule has 0 saturated heterocycles. The number of hydrazone groups is 1. The van der Waals surface area contributed by atoms with Crippen molar-refractivity contribution in [2.45, 2.75) is 6.42 Å². The lowest BCUT2D eigenvalue weighted by molar-refractivity contribution is -0.116. The van der Waals surface area contributed by atoms with Gasteiger partial charge in [-0.3, -0.25) is 4.79 Å². The summed E-state index contributed by atoms with van der Waals surface area (Å²) >= 11 is 0. The number of carbonyl (C=O) groups excluding carboxylic acids is 1. The highest BCUT2D eigenvalue weighted by Crippen LogP contribution is 2.16. The zero-order valence-corrected chi connectivity index (χ0v) is 6.71. The first-order valence-corrected chi connectivity index (χ1v) is 3.68. The van der Waals surface area contributed by atoms with Gasteiger partial charge in [0.25, 0.3) is 5.91 Å². The van der Waals surface area contributed by atoms with Crippen LogP contribution in [-0.4, -0.2) is 21.7 Å². The highest BCUT2D eigenvalue weighted by Gasteiger charge is 2.23. The van der Waals surface area contributed by atoms with Gasteiger partial charge in [0.1, 0.15) is 17.9 Å². The van der Waals surface area contributed by atoms with Crippen molar-refractivity contribution in [3.8, 4) is 0 Å². The third-order valence-electron chi connectivity index (χ3n) is 1.59. The number of rotatable bonds is 1. The molecule has 0 saturated carbocycles. The van der Waals surface area contributed by atoms with Crippen LogP contribution in [0.3, 0.4) is 0 Å². The number of hydrogen-bond donors (Lipinski definition) is 1. The van der Waals surface area contributed by atoms with E-state index in [0.29, 0.717) is 11.5 Å². The Hall–Kier alpha value is -1.98. The Morgan fingerprint density at radius 3 is 2.62 bits per heavy atom. The first kappa shape index (κ1) is 7.66. The lowest BCUT2D eigenvalue weighted by Gasteiger charge is -2.08. The minimum Gasteiger partial charge on any atom is -0.385 e. The van der Waals surface area contributed by atoms with Gasteiger partial charge in [0.2, 0.25) is 0 Å². The van der Waals surface area contributed by atoms with Crippen molar-refractivity contribution < 1.29 is 4.79 Å². The third kappa shape index (κ3) is 1.33. The lowest BCUT2D eigenvalue weighted by Crippen LogP contribution is -2.19. The first-order chi connectivity index (χ1) is 6.27. The molecule has 1 aliphatic rings. The topological polar surface area (TPSA) is 84.5 Å². The molecule has 0 bridgehead atoms. The van der Waals surface area contributed by atoms with Gasteiger partial charge in [-0.15, -0.1) is 0 Å². The van der Waals surface area contributed by atoms with Crippen molar-refractivity contribution in [3.05, 3.63) is 18.7 Å². The van der Waals surface area contributed by atoms with Gasteiger partial charge in [-0.1, -0.05) is 0 Å². The minimum atomic E-state index is -0.160. The van der Waals surface area contributed by atoms with E-state index in [4.69, 9.17) is 5.73 Å². The molecule has 2 rings (SSSR count). The molecule has 0 aromatic carbocycles. The van der Waals surface area contributed by atoms with Crippen molar-refractivity contribution in [2.24, 2.45) is 10.8 Å². The van der Waals surface area contributed by atoms with Gasteiger partial charge in [-0.2, -0.15) is 10.1 Å². The highest BCUT2D eigenvalue weighted by atomic mass is 16.2. The number of nitrogens with two attached hydrogens (primary N) is 1. The quantitative estimate of drug-likeness (QED) is 0.625. The summed E-state index contributed by atoms with van der Waals surface area (Å²) in [4.78, 5) is 18.8. The van der Waals surface area contributed by atoms with Crippen molar-refractivity contribution >= 4 is 17.4 Å². The molecule has 2 heterocycles. The zero-order valence-electron chi connectivity index (χ0n) is 6.71. The molecule has 0 unspecified atom stereocenters. The molecular weight excluding hydrogens is 170 g/mol. The maximum Gasteiger partial charge on any atom is 0.255 e. The fourth-order valence-corrected chi connectivity index (χ4v) is 1.05. The fourth-order valence-electron chi connectivity index (χ4n) is 1.05. The van der Waals surface area contributed by atoms with Crippen molar-refractivity contribution in [2.75, 3.05) is 5.01 Å². The Bertz CT molecular complexity index is 360. The molecule has 1 aromatic heterocycles. The molecule has 0 atom stereocenters. The van der Waals surface area contributed by atoms with Crippen LogP contribution in [0, 0.1) is 0 Å². The fraction of sp³-hybridized carbons (Fsp3) is 0.143. The largest absolute Gasteiger partial charge is 0.385 e. The monoisotopic (exact) mass is 177 g/mol. The number of anilines is 1. The maximum atomic E-state index is 11.3. The summed E-state index contributed by atoms with van der Waals surface area (Å²) in [5, 5.41) is 5.04. The van der Waals surface area contributed by atoms with E-state index in [9.17, 15) is 4.79 Å². The Balaban J connectivity index is 2.33. The van der Waals surface area contributed by atoms with Crippen molar-refractivity contribution in [1.82, 2.24) is 9.97 Å². The molecule has 0 aliphatic carbocycles. The Morgan fingerprint density at radius 2 is 2.08 bits per heavy atom. The number of hydrogen-bond acceptors (Lipinski definition) is 5. The standard InChI is InChI=1S/C7H7N5O/c8-6-1-7(13)12(11-6)5-2-9-4-10-3-5/h2-4H,1H2,(H2,8,11). The predicted molar refractivity (Wildman–Crippen MR) is 45.8 cm³/mol. The van der Waals surface area contributed by atoms with Crippen molar-refractivity contribution in [3.63, 3.8) is 0 Å². The summed E-state index contributed by atoms with van der Waals surface area (Å²) in [5.74, 6) is 0.154. The predicted octanol–water partition coefficient (Wildman–Crippen LogP) is -0.515. The molecule has 0 fully saturated rings. The number of aromatic nitrogens is 2. The van der Waals surface area contributed by atoms with Gasteiger partial charge in [-0.05, 0) is 0 Å². The van der Waals surface area contributed by atoms with Crippen LogP contribution in [0.15, 0.2) is 23.8 Å². The van der Waals surface area contributed by atoms with Crippen LogP contribution < -0.4 is 10.7 Å². The Labute approximate surface area is 74.1 Å². The van der Waals surface area contributed by atoms with Gasteiger partial charge < -0.3 is 5.73 Å². The molecule has 6 nitrogen and oxygen atoms in total. The Kier molecular flexibility index (Phi) is 1.66. The van der Waals surface area contributed by atoms with E-state index in [1.54, 1.807) is 0 Å². The number of amides is 1. The van der Waals surface area contributed by atoms with Crippen LogP contribution in [-0.2, 0) is 4.79 Å². The highest BCUT2D eigenvalue weighted by molar-refractivity contribution is 6.11. The summed E-state index contributed by atoms with van der Waals surface area (Å²) < 4.78 is 0. The zero-order chi connectivity index (χ0) is 9.26. The molecule has 1 amide bonds. The molecule has 0 spiro atoms. The smallest absolute Gasteiger partial charge is 0.255 e. The Morgan fingerprint density at radius 1 is 1.38 bits per heavy atom. The van der Waals surface area contributed by atoms with Crippen LogP contribution in [0.25, 0.3) is 0 Å².